The Hall–Kier alpha value is -1.47. The van der Waals surface area contributed by atoms with Crippen LogP contribution in [0.2, 0.25) is 0 Å². The van der Waals surface area contributed by atoms with Gasteiger partial charge in [-0.3, -0.25) is 4.79 Å². The molecule has 0 aliphatic heterocycles. The summed E-state index contributed by atoms with van der Waals surface area (Å²) in [7, 11) is -4.08. The first kappa shape index (κ1) is 15.9. The summed E-state index contributed by atoms with van der Waals surface area (Å²) in [5.74, 6) is -1.89. The van der Waals surface area contributed by atoms with Crippen LogP contribution in [0.1, 0.15) is 32.6 Å². The lowest BCUT2D eigenvalue weighted by molar-refractivity contribution is -0.151. The molecule has 0 saturated heterocycles. The predicted molar refractivity (Wildman–Crippen MR) is 74.7 cm³/mol. The maximum Gasteiger partial charge on any atom is 0.310 e. The van der Waals surface area contributed by atoms with Gasteiger partial charge in [0.1, 0.15) is 10.7 Å². The molecule has 1 aliphatic rings. The topological polar surface area (TPSA) is 83.5 Å². The first-order valence-corrected chi connectivity index (χ1v) is 8.26. The largest absolute Gasteiger partial charge is 0.481 e. The van der Waals surface area contributed by atoms with Gasteiger partial charge in [0.05, 0.1) is 5.41 Å². The van der Waals surface area contributed by atoms with Gasteiger partial charge in [-0.2, -0.15) is 0 Å². The van der Waals surface area contributed by atoms with Crippen molar-refractivity contribution in [2.45, 2.75) is 43.5 Å². The van der Waals surface area contributed by atoms with Crippen LogP contribution < -0.4 is 4.72 Å². The fourth-order valence-corrected chi connectivity index (χ4v) is 4.15. The summed E-state index contributed by atoms with van der Waals surface area (Å²) in [6, 6.07) is 4.31. The minimum absolute atomic E-state index is 0.396. The Labute approximate surface area is 123 Å². The molecule has 116 valence electrons. The molecule has 1 aromatic carbocycles. The number of carboxylic acids is 1. The molecule has 5 nitrogen and oxygen atoms in total. The molecule has 1 aliphatic carbocycles. The highest BCUT2D eigenvalue weighted by molar-refractivity contribution is 7.89. The zero-order chi connectivity index (χ0) is 15.7. The van der Waals surface area contributed by atoms with E-state index in [9.17, 15) is 22.7 Å². The quantitative estimate of drug-likeness (QED) is 0.891. The van der Waals surface area contributed by atoms with E-state index in [4.69, 9.17) is 0 Å². The van der Waals surface area contributed by atoms with E-state index in [0.29, 0.717) is 12.8 Å². The lowest BCUT2D eigenvalue weighted by Gasteiger charge is -2.38. The number of benzene rings is 1. The summed E-state index contributed by atoms with van der Waals surface area (Å²) >= 11 is 0. The van der Waals surface area contributed by atoms with Crippen LogP contribution in [0.3, 0.4) is 0 Å². The maximum atomic E-state index is 13.7. The van der Waals surface area contributed by atoms with Crippen LogP contribution in [0, 0.1) is 11.2 Å². The number of carbonyl (C=O) groups is 1. The van der Waals surface area contributed by atoms with Gasteiger partial charge in [0.2, 0.25) is 10.0 Å². The molecule has 2 atom stereocenters. The normalized spacial score (nSPS) is 26.5. The van der Waals surface area contributed by atoms with E-state index in [1.165, 1.54) is 25.1 Å². The van der Waals surface area contributed by atoms with Crippen molar-refractivity contribution >= 4 is 16.0 Å². The van der Waals surface area contributed by atoms with Gasteiger partial charge in [0.25, 0.3) is 0 Å². The Kier molecular flexibility index (Phi) is 4.34. The number of nitrogens with one attached hydrogen (secondary N) is 1. The fourth-order valence-electron chi connectivity index (χ4n) is 2.69. The second-order valence-electron chi connectivity index (χ2n) is 5.57. The van der Waals surface area contributed by atoms with E-state index in [2.05, 4.69) is 4.72 Å². The van der Waals surface area contributed by atoms with Crippen molar-refractivity contribution in [2.75, 3.05) is 0 Å². The fraction of sp³-hybridized carbons (Fsp3) is 0.500. The van der Waals surface area contributed by atoms with Gasteiger partial charge >= 0.3 is 5.97 Å². The smallest absolute Gasteiger partial charge is 0.310 e. The number of hydrogen-bond acceptors (Lipinski definition) is 3. The van der Waals surface area contributed by atoms with E-state index < -0.39 is 38.2 Å². The number of aliphatic carboxylic acids is 1. The molecule has 2 unspecified atom stereocenters. The number of rotatable bonds is 4. The highest BCUT2D eigenvalue weighted by Crippen LogP contribution is 2.37. The van der Waals surface area contributed by atoms with Gasteiger partial charge in [-0.05, 0) is 31.9 Å². The van der Waals surface area contributed by atoms with Crippen LogP contribution in [0.25, 0.3) is 0 Å². The van der Waals surface area contributed by atoms with Crippen LogP contribution in [-0.2, 0) is 14.8 Å². The second-order valence-corrected chi connectivity index (χ2v) is 7.26. The van der Waals surface area contributed by atoms with Crippen molar-refractivity contribution in [3.63, 3.8) is 0 Å². The van der Waals surface area contributed by atoms with Crippen molar-refractivity contribution in [2.24, 2.45) is 5.41 Å². The van der Waals surface area contributed by atoms with Gasteiger partial charge in [-0.1, -0.05) is 25.0 Å². The molecule has 21 heavy (non-hydrogen) atoms. The summed E-state index contributed by atoms with van der Waals surface area (Å²) in [6.45, 7) is 1.53. The van der Waals surface area contributed by atoms with Crippen molar-refractivity contribution in [1.29, 1.82) is 0 Å². The first-order valence-electron chi connectivity index (χ1n) is 6.77. The molecular formula is C14H18FNO4S. The van der Waals surface area contributed by atoms with Gasteiger partial charge in [-0.15, -0.1) is 0 Å². The third-order valence-electron chi connectivity index (χ3n) is 4.12. The summed E-state index contributed by atoms with van der Waals surface area (Å²) in [5.41, 5.74) is -1.17. The molecule has 0 amide bonds. The summed E-state index contributed by atoms with van der Waals surface area (Å²) < 4.78 is 40.6. The number of hydrogen-bond donors (Lipinski definition) is 2. The highest BCUT2D eigenvalue weighted by Gasteiger charge is 2.45. The molecular weight excluding hydrogens is 297 g/mol. The summed E-state index contributed by atoms with van der Waals surface area (Å²) in [6.07, 6.45) is 2.30. The number of halogens is 1. The molecule has 1 aromatic rings. The Morgan fingerprint density at radius 1 is 1.38 bits per heavy atom. The average molecular weight is 315 g/mol. The minimum atomic E-state index is -4.08. The van der Waals surface area contributed by atoms with Crippen molar-refractivity contribution in [3.05, 3.63) is 30.1 Å². The number of carboxylic acid groups (broad SMARTS) is 1. The van der Waals surface area contributed by atoms with Crippen LogP contribution in [0.5, 0.6) is 0 Å². The summed E-state index contributed by atoms with van der Waals surface area (Å²) in [4.78, 5) is 11.0. The first-order chi connectivity index (χ1) is 9.77. The molecule has 1 fully saturated rings. The third kappa shape index (κ3) is 3.08. The molecule has 2 N–H and O–H groups in total. The van der Waals surface area contributed by atoms with Crippen LogP contribution in [0.15, 0.2) is 29.2 Å². The van der Waals surface area contributed by atoms with Crippen LogP contribution >= 0.6 is 0 Å². The SMILES string of the molecule is CC1(C(=O)O)CCCCC1NS(=O)(=O)c1ccccc1F. The molecule has 0 spiro atoms. The zero-order valence-corrected chi connectivity index (χ0v) is 12.5. The molecule has 0 radical (unpaired) electrons. The van der Waals surface area contributed by atoms with Gasteiger partial charge in [0, 0.05) is 6.04 Å². The van der Waals surface area contributed by atoms with E-state index >= 15 is 0 Å². The number of sulfonamides is 1. The zero-order valence-electron chi connectivity index (χ0n) is 11.7. The Morgan fingerprint density at radius 3 is 2.67 bits per heavy atom. The molecule has 2 rings (SSSR count). The second kappa shape index (κ2) is 5.73. The van der Waals surface area contributed by atoms with E-state index in [1.54, 1.807) is 0 Å². The minimum Gasteiger partial charge on any atom is -0.481 e. The van der Waals surface area contributed by atoms with E-state index in [0.717, 1.165) is 18.9 Å². The lowest BCUT2D eigenvalue weighted by atomic mass is 9.72. The molecule has 0 bridgehead atoms. The summed E-state index contributed by atoms with van der Waals surface area (Å²) in [5, 5.41) is 9.38. The molecule has 1 saturated carbocycles. The van der Waals surface area contributed by atoms with Gasteiger partial charge in [-0.25, -0.2) is 17.5 Å². The molecule has 0 heterocycles. The maximum absolute atomic E-state index is 13.7. The molecule has 0 aromatic heterocycles. The van der Waals surface area contributed by atoms with E-state index in [-0.39, 0.29) is 0 Å². The average Bonchev–Trinajstić information content (AvgIpc) is 2.41. The van der Waals surface area contributed by atoms with Crippen LogP contribution in [0.4, 0.5) is 4.39 Å². The Morgan fingerprint density at radius 2 is 2.05 bits per heavy atom. The third-order valence-corrected chi connectivity index (χ3v) is 5.63. The molecule has 7 heteroatoms. The van der Waals surface area contributed by atoms with Gasteiger partial charge in [0.15, 0.2) is 0 Å². The highest BCUT2D eigenvalue weighted by atomic mass is 32.2. The Bertz CT molecular complexity index is 646. The Balaban J connectivity index is 2.31. The van der Waals surface area contributed by atoms with Crippen molar-refractivity contribution in [3.8, 4) is 0 Å². The van der Waals surface area contributed by atoms with E-state index in [1.807, 2.05) is 0 Å². The van der Waals surface area contributed by atoms with Crippen molar-refractivity contribution in [1.82, 2.24) is 4.72 Å². The monoisotopic (exact) mass is 315 g/mol. The lowest BCUT2D eigenvalue weighted by Crippen LogP contribution is -2.52. The predicted octanol–water partition coefficient (Wildman–Crippen LogP) is 2.14. The van der Waals surface area contributed by atoms with Gasteiger partial charge < -0.3 is 5.11 Å². The standard InChI is InChI=1S/C14H18FNO4S/c1-14(13(17)18)9-5-4-8-12(14)16-21(19,20)11-7-3-2-6-10(11)15/h2-3,6-7,12,16H,4-5,8-9H2,1H3,(H,17,18). The van der Waals surface area contributed by atoms with Crippen molar-refractivity contribution < 1.29 is 22.7 Å². The van der Waals surface area contributed by atoms with Crippen LogP contribution in [-0.4, -0.2) is 25.5 Å².